The minimum atomic E-state index is -0.280. The van der Waals surface area contributed by atoms with Crippen LogP contribution in [0, 0.1) is 0 Å². The minimum absolute atomic E-state index is 0.177. The second kappa shape index (κ2) is 4.52. The molecule has 6 nitrogen and oxygen atoms in total. The van der Waals surface area contributed by atoms with Crippen molar-refractivity contribution in [3.8, 4) is 0 Å². The van der Waals surface area contributed by atoms with Crippen LogP contribution in [0.15, 0.2) is 30.9 Å². The molecule has 0 aliphatic rings. The van der Waals surface area contributed by atoms with Crippen LogP contribution < -0.4 is 5.32 Å². The SMILES string of the molecule is Cn1cnc(C(=O)NCc2ccncc2)n1. The Morgan fingerprint density at radius 2 is 2.19 bits per heavy atom. The fourth-order valence-corrected chi connectivity index (χ4v) is 1.21. The fraction of sp³-hybridized carbons (Fsp3) is 0.200. The molecule has 6 heteroatoms. The summed E-state index contributed by atoms with van der Waals surface area (Å²) in [7, 11) is 1.71. The highest BCUT2D eigenvalue weighted by atomic mass is 16.2. The lowest BCUT2D eigenvalue weighted by Gasteiger charge is -2.01. The molecule has 82 valence electrons. The van der Waals surface area contributed by atoms with Gasteiger partial charge in [0.1, 0.15) is 6.33 Å². The van der Waals surface area contributed by atoms with E-state index in [2.05, 4.69) is 20.4 Å². The summed E-state index contributed by atoms with van der Waals surface area (Å²) in [5.41, 5.74) is 0.985. The number of aryl methyl sites for hydroxylation is 1. The van der Waals surface area contributed by atoms with Gasteiger partial charge >= 0.3 is 0 Å². The zero-order chi connectivity index (χ0) is 11.4. The number of aromatic nitrogens is 4. The van der Waals surface area contributed by atoms with Crippen LogP contribution in [0.5, 0.6) is 0 Å². The number of carbonyl (C=O) groups is 1. The molecule has 0 radical (unpaired) electrons. The Bertz CT molecular complexity index is 479. The van der Waals surface area contributed by atoms with Gasteiger partial charge in [-0.2, -0.15) is 0 Å². The van der Waals surface area contributed by atoms with Gasteiger partial charge in [-0.15, -0.1) is 5.10 Å². The number of amides is 1. The molecule has 2 heterocycles. The highest BCUT2D eigenvalue weighted by Gasteiger charge is 2.09. The summed E-state index contributed by atoms with van der Waals surface area (Å²) < 4.78 is 1.49. The van der Waals surface area contributed by atoms with E-state index in [0.29, 0.717) is 6.54 Å². The van der Waals surface area contributed by atoms with Gasteiger partial charge < -0.3 is 5.32 Å². The van der Waals surface area contributed by atoms with Crippen molar-refractivity contribution in [2.24, 2.45) is 7.05 Å². The molecular formula is C10H11N5O. The quantitative estimate of drug-likeness (QED) is 0.793. The van der Waals surface area contributed by atoms with Gasteiger partial charge in [0.2, 0.25) is 5.82 Å². The molecule has 0 aliphatic heterocycles. The Balaban J connectivity index is 1.94. The molecule has 16 heavy (non-hydrogen) atoms. The third kappa shape index (κ3) is 2.41. The lowest BCUT2D eigenvalue weighted by molar-refractivity contribution is 0.0940. The zero-order valence-electron chi connectivity index (χ0n) is 8.79. The Labute approximate surface area is 92.3 Å². The largest absolute Gasteiger partial charge is 0.345 e. The zero-order valence-corrected chi connectivity index (χ0v) is 8.79. The van der Waals surface area contributed by atoms with Gasteiger partial charge in [0, 0.05) is 26.0 Å². The maximum atomic E-state index is 11.6. The van der Waals surface area contributed by atoms with Crippen LogP contribution in [0.3, 0.4) is 0 Å². The molecule has 0 bridgehead atoms. The molecule has 0 saturated carbocycles. The van der Waals surface area contributed by atoms with Gasteiger partial charge in [0.15, 0.2) is 0 Å². The number of nitrogens with zero attached hydrogens (tertiary/aromatic N) is 4. The van der Waals surface area contributed by atoms with Crippen molar-refractivity contribution in [1.29, 1.82) is 0 Å². The van der Waals surface area contributed by atoms with Gasteiger partial charge in [-0.1, -0.05) is 0 Å². The van der Waals surface area contributed by atoms with Crippen LogP contribution in [-0.4, -0.2) is 25.7 Å². The number of rotatable bonds is 3. The predicted octanol–water partition coefficient (Wildman–Crippen LogP) is 0.140. The van der Waals surface area contributed by atoms with Crippen molar-refractivity contribution in [2.75, 3.05) is 0 Å². The molecule has 0 atom stereocenters. The first kappa shape index (κ1) is 10.3. The van der Waals surface area contributed by atoms with Gasteiger partial charge in [-0.25, -0.2) is 4.98 Å². The van der Waals surface area contributed by atoms with Crippen molar-refractivity contribution < 1.29 is 4.79 Å². The summed E-state index contributed by atoms with van der Waals surface area (Å²) in [5.74, 6) is -0.103. The first-order valence-corrected chi connectivity index (χ1v) is 4.78. The monoisotopic (exact) mass is 217 g/mol. The predicted molar refractivity (Wildman–Crippen MR) is 56.4 cm³/mol. The highest BCUT2D eigenvalue weighted by molar-refractivity contribution is 5.90. The van der Waals surface area contributed by atoms with E-state index < -0.39 is 0 Å². The Kier molecular flexibility index (Phi) is 2.90. The molecule has 1 amide bonds. The van der Waals surface area contributed by atoms with Crippen molar-refractivity contribution in [1.82, 2.24) is 25.1 Å². The molecule has 0 saturated heterocycles. The van der Waals surface area contributed by atoms with Crippen molar-refractivity contribution in [3.05, 3.63) is 42.2 Å². The summed E-state index contributed by atoms with van der Waals surface area (Å²) in [6.45, 7) is 0.444. The first-order chi connectivity index (χ1) is 7.75. The maximum Gasteiger partial charge on any atom is 0.291 e. The molecule has 0 unspecified atom stereocenters. The molecule has 0 aliphatic carbocycles. The average molecular weight is 217 g/mol. The standard InChI is InChI=1S/C10H11N5O/c1-15-7-13-9(14-15)10(16)12-6-8-2-4-11-5-3-8/h2-5,7H,6H2,1H3,(H,12,16). The smallest absolute Gasteiger partial charge is 0.291 e. The topological polar surface area (TPSA) is 72.7 Å². The molecule has 2 aromatic heterocycles. The van der Waals surface area contributed by atoms with E-state index in [4.69, 9.17) is 0 Å². The maximum absolute atomic E-state index is 11.6. The minimum Gasteiger partial charge on any atom is -0.345 e. The number of carbonyl (C=O) groups excluding carboxylic acids is 1. The summed E-state index contributed by atoms with van der Waals surface area (Å²) >= 11 is 0. The summed E-state index contributed by atoms with van der Waals surface area (Å²) in [6.07, 6.45) is 4.85. The number of nitrogens with one attached hydrogen (secondary N) is 1. The molecule has 0 fully saturated rings. The van der Waals surface area contributed by atoms with E-state index in [1.54, 1.807) is 19.4 Å². The lowest BCUT2D eigenvalue weighted by atomic mass is 10.3. The van der Waals surface area contributed by atoms with E-state index >= 15 is 0 Å². The summed E-state index contributed by atoms with van der Waals surface area (Å²) in [4.78, 5) is 19.3. The Hall–Kier alpha value is -2.24. The summed E-state index contributed by atoms with van der Waals surface area (Å²) in [6, 6.07) is 3.68. The van der Waals surface area contributed by atoms with Crippen LogP contribution in [0.25, 0.3) is 0 Å². The van der Waals surface area contributed by atoms with Crippen molar-refractivity contribution >= 4 is 5.91 Å². The molecule has 0 aromatic carbocycles. The number of pyridine rings is 1. The molecule has 0 spiro atoms. The molecular weight excluding hydrogens is 206 g/mol. The second-order valence-electron chi connectivity index (χ2n) is 3.28. The van der Waals surface area contributed by atoms with Gasteiger partial charge in [-0.3, -0.25) is 14.5 Å². The lowest BCUT2D eigenvalue weighted by Crippen LogP contribution is -2.24. The first-order valence-electron chi connectivity index (χ1n) is 4.78. The second-order valence-corrected chi connectivity index (χ2v) is 3.28. The van der Waals surface area contributed by atoms with E-state index in [0.717, 1.165) is 5.56 Å². The number of hydrogen-bond acceptors (Lipinski definition) is 4. The highest BCUT2D eigenvalue weighted by Crippen LogP contribution is 1.96. The van der Waals surface area contributed by atoms with Crippen LogP contribution in [-0.2, 0) is 13.6 Å². The van der Waals surface area contributed by atoms with Gasteiger partial charge in [0.05, 0.1) is 0 Å². The van der Waals surface area contributed by atoms with Crippen molar-refractivity contribution in [2.45, 2.75) is 6.54 Å². The average Bonchev–Trinajstić information content (AvgIpc) is 2.74. The van der Waals surface area contributed by atoms with E-state index in [1.807, 2.05) is 12.1 Å². The van der Waals surface area contributed by atoms with E-state index in [-0.39, 0.29) is 11.7 Å². The van der Waals surface area contributed by atoms with Gasteiger partial charge in [0.25, 0.3) is 5.91 Å². The van der Waals surface area contributed by atoms with E-state index in [1.165, 1.54) is 11.0 Å². The van der Waals surface area contributed by atoms with Gasteiger partial charge in [-0.05, 0) is 17.7 Å². The third-order valence-corrected chi connectivity index (χ3v) is 2.01. The van der Waals surface area contributed by atoms with Crippen LogP contribution >= 0.6 is 0 Å². The number of hydrogen-bond donors (Lipinski definition) is 1. The van der Waals surface area contributed by atoms with Crippen LogP contribution in [0.2, 0.25) is 0 Å². The van der Waals surface area contributed by atoms with E-state index in [9.17, 15) is 4.79 Å². The normalized spacial score (nSPS) is 10.1. The third-order valence-electron chi connectivity index (χ3n) is 2.01. The fourth-order valence-electron chi connectivity index (χ4n) is 1.21. The Morgan fingerprint density at radius 1 is 1.44 bits per heavy atom. The molecule has 2 aromatic rings. The molecule has 2 rings (SSSR count). The molecule has 1 N–H and O–H groups in total. The Morgan fingerprint density at radius 3 is 2.81 bits per heavy atom. The summed E-state index contributed by atoms with van der Waals surface area (Å²) in [5, 5.41) is 6.63. The van der Waals surface area contributed by atoms with Crippen LogP contribution in [0.1, 0.15) is 16.2 Å². The van der Waals surface area contributed by atoms with Crippen LogP contribution in [0.4, 0.5) is 0 Å². The van der Waals surface area contributed by atoms with Crippen molar-refractivity contribution in [3.63, 3.8) is 0 Å².